The predicted molar refractivity (Wildman–Crippen MR) is 125 cm³/mol. The summed E-state index contributed by atoms with van der Waals surface area (Å²) < 4.78 is 20.8. The fourth-order valence-electron chi connectivity index (χ4n) is 5.50. The van der Waals surface area contributed by atoms with Gasteiger partial charge in [0.2, 0.25) is 5.82 Å². The zero-order valence-corrected chi connectivity index (χ0v) is 19.9. The Morgan fingerprint density at radius 2 is 2.09 bits per heavy atom. The van der Waals surface area contributed by atoms with E-state index >= 15 is 4.39 Å². The number of ether oxygens (including phenoxy) is 1. The van der Waals surface area contributed by atoms with Gasteiger partial charge in [-0.05, 0) is 58.4 Å². The highest BCUT2D eigenvalue weighted by Crippen LogP contribution is 2.44. The monoisotopic (exact) mass is 463 g/mol. The van der Waals surface area contributed by atoms with Gasteiger partial charge in [-0.1, -0.05) is 0 Å². The number of halogens is 1. The maximum Gasteiger partial charge on any atom is 0.207 e. The van der Waals surface area contributed by atoms with Gasteiger partial charge in [-0.2, -0.15) is 4.39 Å². The van der Waals surface area contributed by atoms with E-state index in [4.69, 9.17) is 4.74 Å². The van der Waals surface area contributed by atoms with Crippen molar-refractivity contribution in [1.29, 1.82) is 0 Å². The second kappa shape index (κ2) is 10.6. The smallest absolute Gasteiger partial charge is 0.207 e. The molecule has 1 saturated carbocycles. The first-order valence-electron chi connectivity index (χ1n) is 12.4. The van der Waals surface area contributed by atoms with Gasteiger partial charge >= 0.3 is 0 Å². The molecule has 1 spiro atoms. The van der Waals surface area contributed by atoms with Crippen LogP contribution in [-0.4, -0.2) is 84.3 Å². The number of anilines is 2. The van der Waals surface area contributed by atoms with Gasteiger partial charge in [-0.25, -0.2) is 9.97 Å². The van der Waals surface area contributed by atoms with Gasteiger partial charge in [-0.3, -0.25) is 9.69 Å². The molecule has 0 aromatic carbocycles. The van der Waals surface area contributed by atoms with Crippen molar-refractivity contribution in [1.82, 2.24) is 14.9 Å². The van der Waals surface area contributed by atoms with Crippen molar-refractivity contribution in [2.45, 2.75) is 52.1 Å². The Kier molecular flexibility index (Phi) is 7.81. The molecule has 3 fully saturated rings. The second-order valence-electron chi connectivity index (χ2n) is 10.3. The summed E-state index contributed by atoms with van der Waals surface area (Å²) in [5.74, 6) is 0.725. The SMILES string of the molecule is CCN(CC1CCC2(CC1)COC2)c1ncnc(NCC2CCN(CC(C)=O)CC2O)c1F. The highest BCUT2D eigenvalue weighted by molar-refractivity contribution is 5.77. The van der Waals surface area contributed by atoms with Crippen LogP contribution in [0.4, 0.5) is 16.0 Å². The number of aliphatic hydroxyl groups is 1. The van der Waals surface area contributed by atoms with Gasteiger partial charge in [0.05, 0.1) is 25.9 Å². The number of hydrogen-bond acceptors (Lipinski definition) is 8. The zero-order chi connectivity index (χ0) is 23.4. The summed E-state index contributed by atoms with van der Waals surface area (Å²) in [7, 11) is 0. The van der Waals surface area contributed by atoms with Crippen molar-refractivity contribution >= 4 is 17.4 Å². The number of nitrogens with one attached hydrogen (secondary N) is 1. The molecule has 2 saturated heterocycles. The lowest BCUT2D eigenvalue weighted by Crippen LogP contribution is -2.47. The van der Waals surface area contributed by atoms with E-state index < -0.39 is 11.9 Å². The summed E-state index contributed by atoms with van der Waals surface area (Å²) in [5.41, 5.74) is 0.414. The van der Waals surface area contributed by atoms with Crippen LogP contribution in [0.25, 0.3) is 0 Å². The molecule has 33 heavy (non-hydrogen) atoms. The van der Waals surface area contributed by atoms with E-state index in [1.807, 2.05) is 16.7 Å². The van der Waals surface area contributed by atoms with Crippen molar-refractivity contribution in [3.63, 3.8) is 0 Å². The van der Waals surface area contributed by atoms with Crippen LogP contribution >= 0.6 is 0 Å². The average molecular weight is 464 g/mol. The number of β-amino-alcohol motifs (C(OH)–C–C–N with tert-alkyl or cyclic N) is 1. The van der Waals surface area contributed by atoms with Gasteiger partial charge in [0, 0.05) is 37.5 Å². The molecule has 184 valence electrons. The number of likely N-dealkylation sites (tertiary alicyclic amines) is 1. The Bertz CT molecular complexity index is 811. The lowest BCUT2D eigenvalue weighted by atomic mass is 9.69. The van der Waals surface area contributed by atoms with E-state index in [2.05, 4.69) is 15.3 Å². The Hall–Kier alpha value is -1.84. The molecule has 1 aromatic heterocycles. The van der Waals surface area contributed by atoms with E-state index in [0.717, 1.165) is 45.6 Å². The molecule has 4 rings (SSSR count). The number of hydrogen-bond donors (Lipinski definition) is 2. The first-order chi connectivity index (χ1) is 15.9. The van der Waals surface area contributed by atoms with Crippen LogP contribution in [0.2, 0.25) is 0 Å². The summed E-state index contributed by atoms with van der Waals surface area (Å²) in [6.45, 7) is 8.88. The van der Waals surface area contributed by atoms with Crippen LogP contribution in [0.1, 0.15) is 46.0 Å². The fourth-order valence-corrected chi connectivity index (χ4v) is 5.50. The van der Waals surface area contributed by atoms with E-state index in [-0.39, 0.29) is 17.5 Å². The number of nitrogens with zero attached hydrogens (tertiary/aromatic N) is 4. The molecule has 1 aromatic rings. The molecule has 2 atom stereocenters. The number of ketones is 1. The van der Waals surface area contributed by atoms with Gasteiger partial charge in [-0.15, -0.1) is 0 Å². The van der Waals surface area contributed by atoms with Crippen LogP contribution in [0, 0.1) is 23.1 Å². The molecular weight excluding hydrogens is 425 g/mol. The van der Waals surface area contributed by atoms with Gasteiger partial charge in [0.15, 0.2) is 11.6 Å². The highest BCUT2D eigenvalue weighted by atomic mass is 19.1. The van der Waals surface area contributed by atoms with Crippen LogP contribution in [0.15, 0.2) is 6.33 Å². The molecule has 2 unspecified atom stereocenters. The predicted octanol–water partition coefficient (Wildman–Crippen LogP) is 2.33. The quantitative estimate of drug-likeness (QED) is 0.577. The van der Waals surface area contributed by atoms with Crippen molar-refractivity contribution in [2.75, 3.05) is 62.7 Å². The molecule has 0 radical (unpaired) electrons. The number of piperidine rings is 1. The van der Waals surface area contributed by atoms with Crippen molar-refractivity contribution in [3.8, 4) is 0 Å². The molecule has 8 nitrogen and oxygen atoms in total. The fraction of sp³-hybridized carbons (Fsp3) is 0.792. The minimum Gasteiger partial charge on any atom is -0.391 e. The Balaban J connectivity index is 1.32. The van der Waals surface area contributed by atoms with Crippen LogP contribution in [0.3, 0.4) is 0 Å². The maximum atomic E-state index is 15.4. The molecular formula is C24H38FN5O3. The number of aromatic nitrogens is 2. The first kappa shape index (κ1) is 24.3. The summed E-state index contributed by atoms with van der Waals surface area (Å²) in [5, 5.41) is 13.6. The molecule has 3 heterocycles. The molecule has 9 heteroatoms. The molecule has 2 aliphatic heterocycles. The van der Waals surface area contributed by atoms with Gasteiger partial charge < -0.3 is 20.1 Å². The van der Waals surface area contributed by atoms with Crippen molar-refractivity contribution in [2.24, 2.45) is 17.3 Å². The Morgan fingerprint density at radius 3 is 2.70 bits per heavy atom. The van der Waals surface area contributed by atoms with E-state index in [1.165, 1.54) is 19.2 Å². The van der Waals surface area contributed by atoms with E-state index in [0.29, 0.717) is 43.3 Å². The molecule has 0 bridgehead atoms. The minimum absolute atomic E-state index is 0.0154. The normalized spacial score (nSPS) is 25.6. The molecule has 2 N–H and O–H groups in total. The largest absolute Gasteiger partial charge is 0.391 e. The van der Waals surface area contributed by atoms with Crippen LogP contribution in [-0.2, 0) is 9.53 Å². The third-order valence-electron chi connectivity index (χ3n) is 7.70. The number of carbonyl (C=O) groups excluding carboxylic acids is 1. The van der Waals surface area contributed by atoms with Crippen LogP contribution < -0.4 is 10.2 Å². The number of Topliss-reactive ketones (excluding diaryl/α,β-unsaturated/α-hetero) is 1. The molecule has 1 aliphatic carbocycles. The van der Waals surface area contributed by atoms with Crippen LogP contribution in [0.5, 0.6) is 0 Å². The zero-order valence-electron chi connectivity index (χ0n) is 19.9. The Morgan fingerprint density at radius 1 is 1.33 bits per heavy atom. The lowest BCUT2D eigenvalue weighted by molar-refractivity contribution is -0.135. The third kappa shape index (κ3) is 5.81. The standard InChI is InChI=1S/C24H38FN5O3/c1-3-30(12-18-4-7-24(8-5-18)14-33-15-24)23-21(25)22(27-16-28-23)26-10-19-6-9-29(11-17(2)31)13-20(19)32/h16,18-20,32H,3-15H2,1-2H3,(H,26,27,28). The summed E-state index contributed by atoms with van der Waals surface area (Å²) in [4.78, 5) is 23.7. The maximum absolute atomic E-state index is 15.4. The van der Waals surface area contributed by atoms with Crippen molar-refractivity contribution < 1.29 is 19.0 Å². The van der Waals surface area contributed by atoms with E-state index in [9.17, 15) is 9.90 Å². The number of aliphatic hydroxyl groups excluding tert-OH is 1. The third-order valence-corrected chi connectivity index (χ3v) is 7.70. The number of rotatable bonds is 9. The topological polar surface area (TPSA) is 90.8 Å². The lowest BCUT2D eigenvalue weighted by Gasteiger charge is -2.46. The highest BCUT2D eigenvalue weighted by Gasteiger charge is 2.41. The summed E-state index contributed by atoms with van der Waals surface area (Å²) >= 11 is 0. The first-order valence-corrected chi connectivity index (χ1v) is 12.4. The van der Waals surface area contributed by atoms with Gasteiger partial charge in [0.1, 0.15) is 12.1 Å². The minimum atomic E-state index is -0.558. The summed E-state index contributed by atoms with van der Waals surface area (Å²) in [6.07, 6.45) is 6.30. The summed E-state index contributed by atoms with van der Waals surface area (Å²) in [6, 6.07) is 0. The molecule has 3 aliphatic rings. The van der Waals surface area contributed by atoms with E-state index in [1.54, 1.807) is 6.92 Å². The van der Waals surface area contributed by atoms with Gasteiger partial charge in [0.25, 0.3) is 0 Å². The Labute approximate surface area is 195 Å². The second-order valence-corrected chi connectivity index (χ2v) is 10.3. The number of carbonyl (C=O) groups is 1. The molecule has 0 amide bonds. The average Bonchev–Trinajstić information content (AvgIpc) is 2.77. The van der Waals surface area contributed by atoms with Crippen molar-refractivity contribution in [3.05, 3.63) is 12.1 Å².